The Kier molecular flexibility index (Phi) is 5.30. The minimum Gasteiger partial charge on any atom is -0.489 e. The van der Waals surface area contributed by atoms with Crippen molar-refractivity contribution >= 4 is 11.6 Å². The van der Waals surface area contributed by atoms with Gasteiger partial charge < -0.3 is 10.1 Å². The van der Waals surface area contributed by atoms with Crippen LogP contribution in [0.2, 0.25) is 0 Å². The van der Waals surface area contributed by atoms with Crippen molar-refractivity contribution in [3.05, 3.63) is 60.2 Å². The van der Waals surface area contributed by atoms with E-state index in [1.807, 2.05) is 54.6 Å². The Morgan fingerprint density at radius 1 is 0.957 bits per heavy atom. The second-order valence-electron chi connectivity index (χ2n) is 6.12. The van der Waals surface area contributed by atoms with E-state index in [-0.39, 0.29) is 11.8 Å². The Morgan fingerprint density at radius 3 is 2.35 bits per heavy atom. The van der Waals surface area contributed by atoms with Crippen molar-refractivity contribution < 1.29 is 9.53 Å². The van der Waals surface area contributed by atoms with Crippen LogP contribution in [-0.4, -0.2) is 5.91 Å². The Bertz CT molecular complexity index is 616. The Balaban J connectivity index is 1.51. The molecule has 0 aromatic heterocycles. The summed E-state index contributed by atoms with van der Waals surface area (Å²) >= 11 is 0. The van der Waals surface area contributed by atoms with Crippen LogP contribution < -0.4 is 10.1 Å². The lowest BCUT2D eigenvalue weighted by atomic mass is 9.88. The maximum Gasteiger partial charge on any atom is 0.227 e. The van der Waals surface area contributed by atoms with Crippen molar-refractivity contribution in [2.45, 2.75) is 38.7 Å². The van der Waals surface area contributed by atoms with E-state index >= 15 is 0 Å². The molecule has 0 radical (unpaired) electrons. The molecule has 3 nitrogen and oxygen atoms in total. The van der Waals surface area contributed by atoms with Gasteiger partial charge in [0, 0.05) is 11.6 Å². The van der Waals surface area contributed by atoms with Crippen LogP contribution in [0.25, 0.3) is 0 Å². The van der Waals surface area contributed by atoms with E-state index in [2.05, 4.69) is 5.32 Å². The van der Waals surface area contributed by atoms with Gasteiger partial charge in [0.15, 0.2) is 0 Å². The van der Waals surface area contributed by atoms with E-state index in [4.69, 9.17) is 4.74 Å². The average Bonchev–Trinajstić information content (AvgIpc) is 2.63. The van der Waals surface area contributed by atoms with Gasteiger partial charge in [0.2, 0.25) is 5.91 Å². The van der Waals surface area contributed by atoms with Crippen LogP contribution in [0.3, 0.4) is 0 Å². The summed E-state index contributed by atoms with van der Waals surface area (Å²) in [4.78, 5) is 12.2. The molecule has 1 aliphatic rings. The highest BCUT2D eigenvalue weighted by Gasteiger charge is 2.20. The highest BCUT2D eigenvalue weighted by Crippen LogP contribution is 2.25. The van der Waals surface area contributed by atoms with Crippen molar-refractivity contribution in [3.8, 4) is 5.75 Å². The van der Waals surface area contributed by atoms with E-state index in [0.29, 0.717) is 6.61 Å². The molecule has 2 aromatic carbocycles. The normalized spacial score (nSPS) is 15.1. The molecule has 0 saturated heterocycles. The molecule has 1 saturated carbocycles. The molecule has 120 valence electrons. The van der Waals surface area contributed by atoms with Gasteiger partial charge in [0.25, 0.3) is 0 Å². The minimum atomic E-state index is 0.155. The van der Waals surface area contributed by atoms with Gasteiger partial charge in [0.1, 0.15) is 12.4 Å². The number of amides is 1. The van der Waals surface area contributed by atoms with Gasteiger partial charge in [-0.25, -0.2) is 0 Å². The zero-order valence-corrected chi connectivity index (χ0v) is 13.3. The van der Waals surface area contributed by atoms with E-state index in [1.165, 1.54) is 19.3 Å². The van der Waals surface area contributed by atoms with Crippen LogP contribution in [-0.2, 0) is 11.4 Å². The third-order valence-corrected chi connectivity index (χ3v) is 4.35. The first-order valence-corrected chi connectivity index (χ1v) is 8.39. The zero-order valence-electron chi connectivity index (χ0n) is 13.3. The summed E-state index contributed by atoms with van der Waals surface area (Å²) in [5.74, 6) is 1.14. The third kappa shape index (κ3) is 4.59. The number of benzene rings is 2. The lowest BCUT2D eigenvalue weighted by molar-refractivity contribution is -0.120. The summed E-state index contributed by atoms with van der Waals surface area (Å²) in [6, 6.07) is 17.7. The van der Waals surface area contributed by atoms with Crippen LogP contribution in [0.1, 0.15) is 37.7 Å². The monoisotopic (exact) mass is 309 g/mol. The smallest absolute Gasteiger partial charge is 0.227 e. The van der Waals surface area contributed by atoms with Crippen molar-refractivity contribution in [1.82, 2.24) is 0 Å². The van der Waals surface area contributed by atoms with Crippen molar-refractivity contribution in [1.29, 1.82) is 0 Å². The predicted molar refractivity (Wildman–Crippen MR) is 92.4 cm³/mol. The fourth-order valence-electron chi connectivity index (χ4n) is 2.98. The second kappa shape index (κ2) is 7.82. The maximum atomic E-state index is 12.2. The van der Waals surface area contributed by atoms with Gasteiger partial charge >= 0.3 is 0 Å². The van der Waals surface area contributed by atoms with E-state index < -0.39 is 0 Å². The van der Waals surface area contributed by atoms with Crippen LogP contribution >= 0.6 is 0 Å². The summed E-state index contributed by atoms with van der Waals surface area (Å²) in [6.07, 6.45) is 5.64. The van der Waals surface area contributed by atoms with Crippen molar-refractivity contribution in [2.75, 3.05) is 5.32 Å². The number of carbonyl (C=O) groups excluding carboxylic acids is 1. The summed E-state index contributed by atoms with van der Waals surface area (Å²) in [6.45, 7) is 0.550. The van der Waals surface area contributed by atoms with Gasteiger partial charge in [-0.15, -0.1) is 0 Å². The van der Waals surface area contributed by atoms with E-state index in [1.54, 1.807) is 0 Å². The molecule has 1 aliphatic carbocycles. The molecule has 2 aromatic rings. The fraction of sp³-hybridized carbons (Fsp3) is 0.350. The molecule has 0 atom stereocenters. The number of nitrogens with one attached hydrogen (secondary N) is 1. The Hall–Kier alpha value is -2.29. The molecular weight excluding hydrogens is 286 g/mol. The van der Waals surface area contributed by atoms with Crippen LogP contribution in [0.4, 0.5) is 5.69 Å². The molecule has 0 spiro atoms. The predicted octanol–water partition coefficient (Wildman–Crippen LogP) is 4.78. The molecule has 3 heteroatoms. The highest BCUT2D eigenvalue weighted by atomic mass is 16.5. The molecule has 0 aliphatic heterocycles. The minimum absolute atomic E-state index is 0.155. The van der Waals surface area contributed by atoms with Gasteiger partial charge in [-0.2, -0.15) is 0 Å². The summed E-state index contributed by atoms with van der Waals surface area (Å²) in [7, 11) is 0. The largest absolute Gasteiger partial charge is 0.489 e. The lowest BCUT2D eigenvalue weighted by Gasteiger charge is -2.20. The second-order valence-corrected chi connectivity index (χ2v) is 6.12. The molecule has 1 N–H and O–H groups in total. The lowest BCUT2D eigenvalue weighted by Crippen LogP contribution is -2.24. The fourth-order valence-corrected chi connectivity index (χ4v) is 2.98. The number of anilines is 1. The summed E-state index contributed by atoms with van der Waals surface area (Å²) in [5.41, 5.74) is 1.98. The van der Waals surface area contributed by atoms with Crippen LogP contribution in [0.15, 0.2) is 54.6 Å². The highest BCUT2D eigenvalue weighted by molar-refractivity contribution is 5.92. The first-order valence-electron chi connectivity index (χ1n) is 8.39. The van der Waals surface area contributed by atoms with E-state index in [0.717, 1.165) is 29.8 Å². The average molecular weight is 309 g/mol. The summed E-state index contributed by atoms with van der Waals surface area (Å²) in [5, 5.41) is 3.02. The standard InChI is InChI=1S/C20H23NO2/c22-20(17-9-5-2-6-10-17)21-18-11-13-19(14-12-18)23-15-16-7-3-1-4-8-16/h1,3-4,7-8,11-14,17H,2,5-6,9-10,15H2,(H,21,22). The topological polar surface area (TPSA) is 38.3 Å². The molecule has 23 heavy (non-hydrogen) atoms. The number of carbonyl (C=O) groups is 1. The number of ether oxygens (including phenoxy) is 1. The van der Waals surface area contributed by atoms with Gasteiger partial charge in [0.05, 0.1) is 0 Å². The van der Waals surface area contributed by atoms with Crippen LogP contribution in [0.5, 0.6) is 5.75 Å². The number of hydrogen-bond donors (Lipinski definition) is 1. The summed E-state index contributed by atoms with van der Waals surface area (Å²) < 4.78 is 5.76. The SMILES string of the molecule is O=C(Nc1ccc(OCc2ccccc2)cc1)C1CCCCC1. The van der Waals surface area contributed by atoms with Crippen molar-refractivity contribution in [3.63, 3.8) is 0 Å². The molecule has 0 bridgehead atoms. The number of rotatable bonds is 5. The first kappa shape index (κ1) is 15.6. The molecule has 0 heterocycles. The quantitative estimate of drug-likeness (QED) is 0.863. The Labute approximate surface area is 137 Å². The van der Waals surface area contributed by atoms with Gasteiger partial charge in [-0.3, -0.25) is 4.79 Å². The molecule has 1 amide bonds. The van der Waals surface area contributed by atoms with E-state index in [9.17, 15) is 4.79 Å². The first-order chi connectivity index (χ1) is 11.3. The number of hydrogen-bond acceptors (Lipinski definition) is 2. The Morgan fingerprint density at radius 2 is 1.65 bits per heavy atom. The van der Waals surface area contributed by atoms with Crippen molar-refractivity contribution in [2.24, 2.45) is 5.92 Å². The van der Waals surface area contributed by atoms with Gasteiger partial charge in [-0.05, 0) is 42.7 Å². The molecule has 0 unspecified atom stereocenters. The third-order valence-electron chi connectivity index (χ3n) is 4.35. The molecular formula is C20H23NO2. The van der Waals surface area contributed by atoms with Gasteiger partial charge in [-0.1, -0.05) is 49.6 Å². The maximum absolute atomic E-state index is 12.2. The van der Waals surface area contributed by atoms with Crippen LogP contribution in [0, 0.1) is 5.92 Å². The zero-order chi connectivity index (χ0) is 15.9. The molecule has 3 rings (SSSR count). The molecule has 1 fully saturated rings.